The first-order valence-corrected chi connectivity index (χ1v) is 12.9. The van der Waals surface area contributed by atoms with Gasteiger partial charge in [-0.15, -0.1) is 0 Å². The van der Waals surface area contributed by atoms with Crippen LogP contribution in [-0.2, 0) is 4.74 Å². The third-order valence-electron chi connectivity index (χ3n) is 7.10. The van der Waals surface area contributed by atoms with Crippen molar-refractivity contribution in [3.05, 3.63) is 72.3 Å². The van der Waals surface area contributed by atoms with Gasteiger partial charge in [0.25, 0.3) is 5.91 Å². The predicted octanol–water partition coefficient (Wildman–Crippen LogP) is 3.93. The Bertz CT molecular complexity index is 1240. The maximum atomic E-state index is 13.4. The van der Waals surface area contributed by atoms with Crippen LogP contribution < -0.4 is 10.1 Å². The van der Waals surface area contributed by atoms with E-state index in [1.54, 1.807) is 13.2 Å². The average molecular weight is 503 g/mol. The van der Waals surface area contributed by atoms with Crippen molar-refractivity contribution in [3.8, 4) is 5.75 Å². The number of methoxy groups -OCH3 is 1. The van der Waals surface area contributed by atoms with Crippen LogP contribution in [0.3, 0.4) is 0 Å². The van der Waals surface area contributed by atoms with Crippen LogP contribution >= 0.6 is 0 Å². The monoisotopic (exact) mass is 502 g/mol. The fourth-order valence-corrected chi connectivity index (χ4v) is 5.14. The minimum Gasteiger partial charge on any atom is -0.497 e. The van der Waals surface area contributed by atoms with E-state index in [9.17, 15) is 9.59 Å². The van der Waals surface area contributed by atoms with Gasteiger partial charge in [0, 0.05) is 56.6 Å². The number of carbonyl (C=O) groups excluding carboxylic acids is 2. The first-order valence-electron chi connectivity index (χ1n) is 12.9. The Morgan fingerprint density at radius 3 is 2.68 bits per heavy atom. The topological polar surface area (TPSA) is 74.3 Å². The average Bonchev–Trinajstić information content (AvgIpc) is 3.18. The lowest BCUT2D eigenvalue weighted by Gasteiger charge is -2.35. The highest BCUT2D eigenvalue weighted by molar-refractivity contribution is 6.07. The number of morpholine rings is 1. The molecule has 3 aromatic carbocycles. The van der Waals surface area contributed by atoms with Gasteiger partial charge in [-0.3, -0.25) is 9.69 Å². The second kappa shape index (κ2) is 11.6. The van der Waals surface area contributed by atoms with Crippen LogP contribution in [-0.4, -0.2) is 92.3 Å². The smallest absolute Gasteiger partial charge is 0.322 e. The molecule has 2 fully saturated rings. The van der Waals surface area contributed by atoms with E-state index in [0.29, 0.717) is 37.7 Å². The van der Waals surface area contributed by atoms with Crippen molar-refractivity contribution in [2.24, 2.45) is 0 Å². The van der Waals surface area contributed by atoms with Gasteiger partial charge in [-0.25, -0.2) is 4.79 Å². The van der Waals surface area contributed by atoms with Crippen molar-refractivity contribution in [2.45, 2.75) is 12.5 Å². The highest BCUT2D eigenvalue weighted by Gasteiger charge is 2.28. The van der Waals surface area contributed by atoms with E-state index in [1.165, 1.54) is 0 Å². The molecule has 0 saturated carbocycles. The number of ether oxygens (including phenoxy) is 2. The highest BCUT2D eigenvalue weighted by Crippen LogP contribution is 2.21. The molecule has 8 nitrogen and oxygen atoms in total. The zero-order valence-electron chi connectivity index (χ0n) is 21.3. The number of carbonyl (C=O) groups is 2. The molecule has 3 aromatic rings. The van der Waals surface area contributed by atoms with Gasteiger partial charge in [0.15, 0.2) is 0 Å². The summed E-state index contributed by atoms with van der Waals surface area (Å²) in [5.41, 5.74) is 1.47. The fourth-order valence-electron chi connectivity index (χ4n) is 5.14. The van der Waals surface area contributed by atoms with E-state index in [1.807, 2.05) is 70.5 Å². The standard InChI is InChI=1S/C29H34N4O4/c1-36-24-10-5-9-23(19-24)30-29(35)33-17-18-37-25(21-33)20-31-13-6-14-32(16-15-31)28(34)27-12-4-8-22-7-2-3-11-26(22)27/h2-5,7-12,19,25H,6,13-18,20-21H2,1H3,(H,30,35)/t25-/m1/s1. The molecule has 37 heavy (non-hydrogen) atoms. The molecule has 0 aliphatic carbocycles. The number of benzene rings is 3. The molecule has 2 aliphatic rings. The van der Waals surface area contributed by atoms with Crippen LogP contribution in [0, 0.1) is 0 Å². The molecular weight excluding hydrogens is 468 g/mol. The van der Waals surface area contributed by atoms with Gasteiger partial charge in [0.1, 0.15) is 5.75 Å². The Balaban J connectivity index is 1.15. The third kappa shape index (κ3) is 6.03. The second-order valence-electron chi connectivity index (χ2n) is 9.57. The second-order valence-corrected chi connectivity index (χ2v) is 9.57. The van der Waals surface area contributed by atoms with E-state index >= 15 is 0 Å². The number of nitrogens with one attached hydrogen (secondary N) is 1. The number of fused-ring (bicyclic) bond motifs is 1. The van der Waals surface area contributed by atoms with Gasteiger partial charge in [-0.1, -0.05) is 42.5 Å². The number of anilines is 1. The summed E-state index contributed by atoms with van der Waals surface area (Å²) in [7, 11) is 1.61. The van der Waals surface area contributed by atoms with Gasteiger partial charge in [-0.05, 0) is 41.9 Å². The maximum absolute atomic E-state index is 13.4. The Kier molecular flexibility index (Phi) is 7.87. The van der Waals surface area contributed by atoms with Gasteiger partial charge in [0.2, 0.25) is 0 Å². The molecule has 2 saturated heterocycles. The molecule has 0 aromatic heterocycles. The van der Waals surface area contributed by atoms with E-state index in [-0.39, 0.29) is 18.0 Å². The number of nitrogens with zero attached hydrogens (tertiary/aromatic N) is 3. The Labute approximate surface area is 217 Å². The summed E-state index contributed by atoms with van der Waals surface area (Å²) >= 11 is 0. The molecule has 2 aliphatic heterocycles. The van der Waals surface area contributed by atoms with Crippen molar-refractivity contribution in [2.75, 3.05) is 64.8 Å². The summed E-state index contributed by atoms with van der Waals surface area (Å²) in [5, 5.41) is 5.04. The Morgan fingerprint density at radius 1 is 0.946 bits per heavy atom. The normalized spacial score (nSPS) is 18.9. The number of hydrogen-bond donors (Lipinski definition) is 1. The van der Waals surface area contributed by atoms with Crippen LogP contribution in [0.5, 0.6) is 5.75 Å². The predicted molar refractivity (Wildman–Crippen MR) is 144 cm³/mol. The molecule has 0 spiro atoms. The lowest BCUT2D eigenvalue weighted by molar-refractivity contribution is -0.0283. The van der Waals surface area contributed by atoms with Crippen LogP contribution in [0.15, 0.2) is 66.7 Å². The van der Waals surface area contributed by atoms with E-state index in [4.69, 9.17) is 9.47 Å². The Morgan fingerprint density at radius 2 is 1.78 bits per heavy atom. The molecule has 0 bridgehead atoms. The van der Waals surface area contributed by atoms with Crippen LogP contribution in [0.2, 0.25) is 0 Å². The number of rotatable bonds is 5. The molecule has 0 unspecified atom stereocenters. The minimum absolute atomic E-state index is 0.0647. The van der Waals surface area contributed by atoms with Crippen LogP contribution in [0.1, 0.15) is 16.8 Å². The van der Waals surface area contributed by atoms with Gasteiger partial charge >= 0.3 is 6.03 Å². The summed E-state index contributed by atoms with van der Waals surface area (Å²) in [5.74, 6) is 0.791. The summed E-state index contributed by atoms with van der Waals surface area (Å²) < 4.78 is 11.3. The van der Waals surface area contributed by atoms with Gasteiger partial charge < -0.3 is 24.6 Å². The lowest BCUT2D eigenvalue weighted by atomic mass is 10.0. The molecule has 0 radical (unpaired) electrons. The summed E-state index contributed by atoms with van der Waals surface area (Å²) in [6, 6.07) is 21.2. The molecule has 194 valence electrons. The zero-order valence-corrected chi connectivity index (χ0v) is 21.3. The summed E-state index contributed by atoms with van der Waals surface area (Å²) in [6.07, 6.45) is 0.841. The molecule has 3 amide bonds. The quantitative estimate of drug-likeness (QED) is 0.572. The molecule has 8 heteroatoms. The van der Waals surface area contributed by atoms with E-state index < -0.39 is 0 Å². The number of amides is 3. The number of hydrogen-bond acceptors (Lipinski definition) is 5. The maximum Gasteiger partial charge on any atom is 0.322 e. The fraction of sp³-hybridized carbons (Fsp3) is 0.379. The van der Waals surface area contributed by atoms with E-state index in [2.05, 4.69) is 10.2 Å². The zero-order chi connectivity index (χ0) is 25.6. The highest BCUT2D eigenvalue weighted by atomic mass is 16.5. The summed E-state index contributed by atoms with van der Waals surface area (Å²) in [4.78, 5) is 32.4. The third-order valence-corrected chi connectivity index (χ3v) is 7.10. The first kappa shape index (κ1) is 25.0. The van der Waals surface area contributed by atoms with Crippen LogP contribution in [0.4, 0.5) is 10.5 Å². The van der Waals surface area contributed by atoms with Crippen molar-refractivity contribution in [1.82, 2.24) is 14.7 Å². The minimum atomic E-state index is -0.135. The van der Waals surface area contributed by atoms with Crippen molar-refractivity contribution in [1.29, 1.82) is 0 Å². The van der Waals surface area contributed by atoms with Crippen molar-refractivity contribution >= 4 is 28.4 Å². The largest absolute Gasteiger partial charge is 0.497 e. The molecular formula is C29H34N4O4. The molecule has 5 rings (SSSR count). The van der Waals surface area contributed by atoms with E-state index in [0.717, 1.165) is 48.9 Å². The SMILES string of the molecule is COc1cccc(NC(=O)N2CCO[C@H](CN3CCCN(C(=O)c4cccc5ccccc45)CC3)C2)c1. The van der Waals surface area contributed by atoms with Crippen LogP contribution in [0.25, 0.3) is 10.8 Å². The van der Waals surface area contributed by atoms with Crippen molar-refractivity contribution in [3.63, 3.8) is 0 Å². The molecule has 2 heterocycles. The molecule has 1 N–H and O–H groups in total. The van der Waals surface area contributed by atoms with Gasteiger partial charge in [-0.2, -0.15) is 0 Å². The number of urea groups is 1. The molecule has 1 atom stereocenters. The summed E-state index contributed by atoms with van der Waals surface area (Å²) in [6.45, 7) is 5.43. The van der Waals surface area contributed by atoms with Crippen molar-refractivity contribution < 1.29 is 19.1 Å². The lowest BCUT2D eigenvalue weighted by Crippen LogP contribution is -2.51. The Hall–Kier alpha value is -3.62. The van der Waals surface area contributed by atoms with Gasteiger partial charge in [0.05, 0.1) is 19.8 Å². The first-order chi connectivity index (χ1) is 18.1.